The van der Waals surface area contributed by atoms with E-state index in [1.807, 2.05) is 0 Å². The lowest BCUT2D eigenvalue weighted by Crippen LogP contribution is -2.58. The van der Waals surface area contributed by atoms with Gasteiger partial charge in [0, 0.05) is 13.1 Å². The normalized spacial score (nSPS) is 20.6. The largest absolute Gasteiger partial charge is 0.323 e. The molecule has 70 valence electrons. The minimum absolute atomic E-state index is 0.272. The summed E-state index contributed by atoms with van der Waals surface area (Å²) >= 11 is 0. The Kier molecular flexibility index (Phi) is 2.92. The maximum atomic E-state index is 10.8. The molecule has 1 heterocycles. The summed E-state index contributed by atoms with van der Waals surface area (Å²) in [5.74, 6) is 0. The van der Waals surface area contributed by atoms with Crippen LogP contribution >= 0.6 is 0 Å². The van der Waals surface area contributed by atoms with Crippen LogP contribution in [0.4, 0.5) is 0 Å². The number of nitrogens with zero attached hydrogens (tertiary/aromatic N) is 1. The van der Waals surface area contributed by atoms with Gasteiger partial charge in [-0.2, -0.15) is 0 Å². The SMILES string of the molecule is C[Si+](C)CN1CC(S(N)(=O)=O)C1. The summed E-state index contributed by atoms with van der Waals surface area (Å²) < 4.78 is 21.6. The van der Waals surface area contributed by atoms with Crippen LogP contribution in [0.2, 0.25) is 13.1 Å². The molecule has 2 N–H and O–H groups in total. The molecule has 0 aromatic rings. The maximum Gasteiger partial charge on any atom is 0.323 e. The van der Waals surface area contributed by atoms with Gasteiger partial charge in [0.2, 0.25) is 10.0 Å². The molecule has 0 aliphatic carbocycles. The van der Waals surface area contributed by atoms with Crippen molar-refractivity contribution < 1.29 is 8.42 Å². The van der Waals surface area contributed by atoms with Gasteiger partial charge in [0.05, 0.1) is 13.1 Å². The summed E-state index contributed by atoms with van der Waals surface area (Å²) in [6, 6.07) is 0. The van der Waals surface area contributed by atoms with Crippen molar-refractivity contribution in [3.63, 3.8) is 0 Å². The van der Waals surface area contributed by atoms with Gasteiger partial charge in [0.1, 0.15) is 11.4 Å². The highest BCUT2D eigenvalue weighted by atomic mass is 32.2. The number of hydrogen-bond donors (Lipinski definition) is 1. The van der Waals surface area contributed by atoms with Gasteiger partial charge in [-0.05, 0) is 0 Å². The van der Waals surface area contributed by atoms with Crippen LogP contribution in [0.15, 0.2) is 0 Å². The molecule has 0 aromatic carbocycles. The molecule has 0 aromatic heterocycles. The Morgan fingerprint density at radius 3 is 2.33 bits per heavy atom. The molecule has 6 heteroatoms. The Hall–Kier alpha value is 0.0869. The van der Waals surface area contributed by atoms with E-state index in [1.165, 1.54) is 0 Å². The van der Waals surface area contributed by atoms with Crippen LogP contribution < -0.4 is 5.14 Å². The van der Waals surface area contributed by atoms with Gasteiger partial charge in [-0.25, -0.2) is 13.6 Å². The molecular weight excluding hydrogens is 192 g/mol. The molecule has 1 rings (SSSR count). The van der Waals surface area contributed by atoms with Crippen molar-refractivity contribution in [2.75, 3.05) is 19.3 Å². The van der Waals surface area contributed by atoms with Gasteiger partial charge in [0.15, 0.2) is 0 Å². The van der Waals surface area contributed by atoms with E-state index in [9.17, 15) is 8.42 Å². The van der Waals surface area contributed by atoms with Gasteiger partial charge in [-0.3, -0.25) is 4.90 Å². The zero-order valence-electron chi connectivity index (χ0n) is 7.45. The van der Waals surface area contributed by atoms with Crippen molar-refractivity contribution in [1.29, 1.82) is 0 Å². The van der Waals surface area contributed by atoms with Gasteiger partial charge in [-0.1, -0.05) is 0 Å². The third-order valence-corrected chi connectivity index (χ3v) is 4.24. The van der Waals surface area contributed by atoms with Crippen LogP contribution in [0.3, 0.4) is 0 Å². The van der Waals surface area contributed by atoms with E-state index in [0.29, 0.717) is 13.1 Å². The van der Waals surface area contributed by atoms with E-state index in [0.717, 1.165) is 6.17 Å². The summed E-state index contributed by atoms with van der Waals surface area (Å²) in [6.07, 6.45) is 1.07. The Balaban J connectivity index is 2.30. The predicted molar refractivity (Wildman–Crippen MR) is 50.8 cm³/mol. The molecule has 0 bridgehead atoms. The Labute approximate surface area is 75.4 Å². The fourth-order valence-electron chi connectivity index (χ4n) is 1.31. The third kappa shape index (κ3) is 2.55. The highest BCUT2D eigenvalue weighted by Gasteiger charge is 2.37. The molecule has 1 fully saturated rings. The molecule has 0 unspecified atom stereocenters. The number of sulfonamides is 1. The summed E-state index contributed by atoms with van der Waals surface area (Å²) in [4.78, 5) is 2.16. The fraction of sp³-hybridized carbons (Fsp3) is 1.00. The van der Waals surface area contributed by atoms with Crippen LogP contribution in [0, 0.1) is 0 Å². The van der Waals surface area contributed by atoms with Gasteiger partial charge in [-0.15, -0.1) is 0 Å². The second-order valence-electron chi connectivity index (χ2n) is 3.61. The summed E-state index contributed by atoms with van der Waals surface area (Å²) in [6.45, 7) is 5.70. The second-order valence-corrected chi connectivity index (χ2v) is 8.19. The third-order valence-electron chi connectivity index (χ3n) is 1.93. The molecule has 0 amide bonds. The molecule has 0 saturated carbocycles. The Bertz CT molecular complexity index is 246. The lowest BCUT2D eigenvalue weighted by atomic mass is 10.2. The fourth-order valence-corrected chi connectivity index (χ4v) is 3.30. The summed E-state index contributed by atoms with van der Waals surface area (Å²) in [7, 11) is -3.54. The number of primary sulfonamides is 1. The highest BCUT2D eigenvalue weighted by molar-refractivity contribution is 7.89. The lowest BCUT2D eigenvalue weighted by Gasteiger charge is -2.35. The van der Waals surface area contributed by atoms with Crippen molar-refractivity contribution in [2.24, 2.45) is 5.14 Å². The van der Waals surface area contributed by atoms with E-state index in [4.69, 9.17) is 5.14 Å². The van der Waals surface area contributed by atoms with Crippen molar-refractivity contribution >= 4 is 18.8 Å². The first kappa shape index (κ1) is 10.2. The molecule has 12 heavy (non-hydrogen) atoms. The average Bonchev–Trinajstić information content (AvgIpc) is 1.73. The van der Waals surface area contributed by atoms with Crippen LogP contribution in [-0.4, -0.2) is 46.6 Å². The first-order valence-electron chi connectivity index (χ1n) is 3.92. The van der Waals surface area contributed by atoms with Gasteiger partial charge in [0.25, 0.3) is 0 Å². The molecule has 1 aliphatic heterocycles. The average molecular weight is 207 g/mol. The van der Waals surface area contributed by atoms with Crippen LogP contribution in [0.1, 0.15) is 0 Å². The van der Waals surface area contributed by atoms with E-state index in [2.05, 4.69) is 18.0 Å². The van der Waals surface area contributed by atoms with E-state index in [1.54, 1.807) is 0 Å². The minimum atomic E-state index is -3.27. The Morgan fingerprint density at radius 1 is 1.50 bits per heavy atom. The highest BCUT2D eigenvalue weighted by Crippen LogP contribution is 2.13. The van der Waals surface area contributed by atoms with E-state index in [-0.39, 0.29) is 14.0 Å². The number of likely N-dealkylation sites (tertiary alicyclic amines) is 1. The van der Waals surface area contributed by atoms with Crippen LogP contribution in [0.5, 0.6) is 0 Å². The zero-order chi connectivity index (χ0) is 9.35. The molecule has 1 saturated heterocycles. The first-order chi connectivity index (χ1) is 5.39. The van der Waals surface area contributed by atoms with Gasteiger partial charge < -0.3 is 0 Å². The lowest BCUT2D eigenvalue weighted by molar-refractivity contribution is 0.215. The zero-order valence-corrected chi connectivity index (χ0v) is 9.26. The van der Waals surface area contributed by atoms with Crippen molar-refractivity contribution in [3.8, 4) is 0 Å². The van der Waals surface area contributed by atoms with Crippen molar-refractivity contribution in [1.82, 2.24) is 4.90 Å². The molecule has 1 aliphatic rings. The topological polar surface area (TPSA) is 63.4 Å². The second kappa shape index (κ2) is 3.45. The van der Waals surface area contributed by atoms with Crippen molar-refractivity contribution in [2.45, 2.75) is 18.3 Å². The molecule has 0 spiro atoms. The molecule has 4 nitrogen and oxygen atoms in total. The number of nitrogens with two attached hydrogens (primary N) is 1. The molecular formula is C6H15N2O2SSi+. The van der Waals surface area contributed by atoms with Crippen molar-refractivity contribution in [3.05, 3.63) is 0 Å². The van der Waals surface area contributed by atoms with Crippen LogP contribution in [-0.2, 0) is 10.0 Å². The summed E-state index contributed by atoms with van der Waals surface area (Å²) in [5, 5.41) is 4.68. The number of rotatable bonds is 3. The maximum absolute atomic E-state index is 10.8. The van der Waals surface area contributed by atoms with Gasteiger partial charge >= 0.3 is 8.80 Å². The summed E-state index contributed by atoms with van der Waals surface area (Å²) in [5.41, 5.74) is 0. The van der Waals surface area contributed by atoms with E-state index >= 15 is 0 Å². The van der Waals surface area contributed by atoms with Crippen LogP contribution in [0.25, 0.3) is 0 Å². The molecule has 0 radical (unpaired) electrons. The minimum Gasteiger partial charge on any atom is -0.274 e. The smallest absolute Gasteiger partial charge is 0.274 e. The molecule has 0 atom stereocenters. The monoisotopic (exact) mass is 207 g/mol. The standard InChI is InChI=1S/C6H15N2O2SSi/c1-12(2)5-8-3-6(4-8)11(7,9)10/h6H,3-5H2,1-2H3,(H2,7,9,10)/q+1. The quantitative estimate of drug-likeness (QED) is 0.620. The number of hydrogen-bond acceptors (Lipinski definition) is 3. The predicted octanol–water partition coefficient (Wildman–Crippen LogP) is -0.747. The first-order valence-corrected chi connectivity index (χ1v) is 8.24. The van der Waals surface area contributed by atoms with E-state index < -0.39 is 10.0 Å². The Morgan fingerprint density at radius 2 is 2.00 bits per heavy atom.